The number of hydrogen-bond acceptors (Lipinski definition) is 6. The lowest BCUT2D eigenvalue weighted by molar-refractivity contribution is -0.137. The van der Waals surface area contributed by atoms with E-state index < -0.39 is 18.3 Å². The summed E-state index contributed by atoms with van der Waals surface area (Å²) in [5, 5.41) is 3.15. The molecule has 11 heteroatoms. The van der Waals surface area contributed by atoms with Crippen LogP contribution in [0, 0.1) is 0 Å². The molecule has 4 N–H and O–H groups in total. The SMILES string of the molecule is CNSCCNc1cnc(-c2ccc(C(F)(F)F)cc2)cc1C(N)=CC=NC(F)F. The third kappa shape index (κ3) is 6.99. The third-order valence-electron chi connectivity index (χ3n) is 3.84. The molecule has 0 spiro atoms. The van der Waals surface area contributed by atoms with Gasteiger partial charge in [-0.05, 0) is 31.3 Å². The zero-order chi connectivity index (χ0) is 22.1. The Morgan fingerprint density at radius 2 is 1.97 bits per heavy atom. The molecule has 5 nitrogen and oxygen atoms in total. The highest BCUT2D eigenvalue weighted by molar-refractivity contribution is 7.97. The van der Waals surface area contributed by atoms with Crippen molar-refractivity contribution in [1.29, 1.82) is 0 Å². The van der Waals surface area contributed by atoms with Crippen LogP contribution >= 0.6 is 11.9 Å². The van der Waals surface area contributed by atoms with Gasteiger partial charge in [0.25, 0.3) is 0 Å². The third-order valence-corrected chi connectivity index (χ3v) is 4.54. The van der Waals surface area contributed by atoms with Gasteiger partial charge in [0.1, 0.15) is 0 Å². The predicted molar refractivity (Wildman–Crippen MR) is 111 cm³/mol. The maximum Gasteiger partial charge on any atom is 0.416 e. The molecular formula is C19H20F5N5S. The normalized spacial score (nSPS) is 12.7. The van der Waals surface area contributed by atoms with Gasteiger partial charge in [0.2, 0.25) is 0 Å². The minimum Gasteiger partial charge on any atom is -0.398 e. The molecule has 0 aliphatic rings. The first kappa shape index (κ1) is 23.6. The van der Waals surface area contributed by atoms with Crippen LogP contribution in [0.15, 0.2) is 47.6 Å². The molecule has 0 fully saturated rings. The van der Waals surface area contributed by atoms with E-state index >= 15 is 0 Å². The molecule has 1 aromatic heterocycles. The van der Waals surface area contributed by atoms with E-state index in [0.717, 1.165) is 24.1 Å². The highest BCUT2D eigenvalue weighted by Crippen LogP contribution is 2.31. The summed E-state index contributed by atoms with van der Waals surface area (Å²) in [5.74, 6) is 0.729. The fourth-order valence-corrected chi connectivity index (χ4v) is 2.85. The van der Waals surface area contributed by atoms with E-state index in [2.05, 4.69) is 20.0 Å². The van der Waals surface area contributed by atoms with Gasteiger partial charge in [-0.15, -0.1) is 0 Å². The number of benzene rings is 1. The second kappa shape index (κ2) is 10.9. The van der Waals surface area contributed by atoms with Crippen molar-refractivity contribution < 1.29 is 22.0 Å². The maximum absolute atomic E-state index is 12.8. The van der Waals surface area contributed by atoms with E-state index in [0.29, 0.717) is 29.1 Å². The number of anilines is 1. The lowest BCUT2D eigenvalue weighted by atomic mass is 10.0. The average Bonchev–Trinajstić information content (AvgIpc) is 2.70. The molecule has 162 valence electrons. The van der Waals surface area contributed by atoms with Crippen LogP contribution < -0.4 is 15.8 Å². The number of alkyl halides is 5. The van der Waals surface area contributed by atoms with Crippen LogP contribution in [0.4, 0.5) is 27.6 Å². The van der Waals surface area contributed by atoms with Gasteiger partial charge in [-0.2, -0.15) is 22.0 Å². The minimum absolute atomic E-state index is 0.152. The standard InChI is InChI=1S/C19H20F5N5S/c1-26-30-9-8-27-17-11-29-16(10-14(17)15(25)6-7-28-18(20)21)12-2-4-13(5-3-12)19(22,23)24/h2-7,10-11,18,26-27H,8-9,25H2,1H3. The monoisotopic (exact) mass is 445 g/mol. The highest BCUT2D eigenvalue weighted by atomic mass is 32.2. The van der Waals surface area contributed by atoms with E-state index in [1.165, 1.54) is 36.4 Å². The van der Waals surface area contributed by atoms with E-state index in [4.69, 9.17) is 5.73 Å². The molecule has 0 aliphatic carbocycles. The summed E-state index contributed by atoms with van der Waals surface area (Å²) in [7, 11) is 1.79. The van der Waals surface area contributed by atoms with Crippen molar-refractivity contribution in [3.8, 4) is 11.3 Å². The number of allylic oxidation sites excluding steroid dienone is 1. The maximum atomic E-state index is 12.8. The van der Waals surface area contributed by atoms with Crippen molar-refractivity contribution in [1.82, 2.24) is 9.71 Å². The summed E-state index contributed by atoms with van der Waals surface area (Å²) in [6.45, 7) is -2.29. The Hall–Kier alpha value is -2.66. The van der Waals surface area contributed by atoms with Crippen LogP contribution in [-0.4, -0.2) is 37.1 Å². The smallest absolute Gasteiger partial charge is 0.398 e. The Bertz CT molecular complexity index is 882. The van der Waals surface area contributed by atoms with Gasteiger partial charge in [-0.3, -0.25) is 9.71 Å². The predicted octanol–water partition coefficient (Wildman–Crippen LogP) is 4.64. The lowest BCUT2D eigenvalue weighted by Crippen LogP contribution is -2.11. The van der Waals surface area contributed by atoms with Crippen molar-refractivity contribution in [2.24, 2.45) is 10.7 Å². The molecule has 2 rings (SSSR count). The first-order valence-corrected chi connectivity index (χ1v) is 9.68. The van der Waals surface area contributed by atoms with Gasteiger partial charge >= 0.3 is 12.7 Å². The van der Waals surface area contributed by atoms with Crippen LogP contribution in [0.2, 0.25) is 0 Å². The number of rotatable bonds is 9. The minimum atomic E-state index is -4.44. The van der Waals surface area contributed by atoms with Crippen LogP contribution in [0.1, 0.15) is 11.1 Å². The molecule has 0 saturated carbocycles. The number of nitrogens with zero attached hydrogens (tertiary/aromatic N) is 2. The fourth-order valence-electron chi connectivity index (χ4n) is 2.44. The van der Waals surface area contributed by atoms with E-state index in [-0.39, 0.29) is 5.70 Å². The molecule has 0 radical (unpaired) electrons. The molecule has 2 aromatic rings. The van der Waals surface area contributed by atoms with E-state index in [1.807, 2.05) is 0 Å². The number of aromatic nitrogens is 1. The summed E-state index contributed by atoms with van der Waals surface area (Å²) < 4.78 is 65.7. The summed E-state index contributed by atoms with van der Waals surface area (Å²) in [6, 6.07) is 6.13. The Morgan fingerprint density at radius 1 is 1.27 bits per heavy atom. The Balaban J connectivity index is 2.36. The quantitative estimate of drug-likeness (QED) is 0.172. The van der Waals surface area contributed by atoms with Crippen LogP contribution in [-0.2, 0) is 6.18 Å². The lowest BCUT2D eigenvalue weighted by Gasteiger charge is -2.14. The molecule has 1 aromatic carbocycles. The molecule has 30 heavy (non-hydrogen) atoms. The number of pyridine rings is 1. The van der Waals surface area contributed by atoms with Gasteiger partial charge in [0.05, 0.1) is 23.1 Å². The van der Waals surface area contributed by atoms with E-state index in [1.54, 1.807) is 13.1 Å². The molecule has 0 amide bonds. The van der Waals surface area contributed by atoms with E-state index in [9.17, 15) is 22.0 Å². The molecule has 0 atom stereocenters. The van der Waals surface area contributed by atoms with Gasteiger partial charge in [-0.25, -0.2) is 4.99 Å². The number of nitrogens with one attached hydrogen (secondary N) is 2. The molecule has 0 saturated heterocycles. The number of nitrogens with two attached hydrogens (primary N) is 1. The number of hydrogen-bond donors (Lipinski definition) is 3. The summed E-state index contributed by atoms with van der Waals surface area (Å²) in [6.07, 6.45) is -0.810. The van der Waals surface area contributed by atoms with Crippen LogP contribution in [0.3, 0.4) is 0 Å². The fraction of sp³-hybridized carbons (Fsp3) is 0.263. The van der Waals surface area contributed by atoms with Crippen molar-refractivity contribution in [3.05, 3.63) is 53.7 Å². The Labute approximate surface area is 174 Å². The molecule has 1 heterocycles. The molecular weight excluding hydrogens is 425 g/mol. The van der Waals surface area contributed by atoms with Crippen molar-refractivity contribution in [3.63, 3.8) is 0 Å². The van der Waals surface area contributed by atoms with Crippen molar-refractivity contribution >= 4 is 29.5 Å². The second-order valence-electron chi connectivity index (χ2n) is 5.87. The molecule has 0 unspecified atom stereocenters. The van der Waals surface area contributed by atoms with Crippen LogP contribution in [0.5, 0.6) is 0 Å². The molecule has 0 aliphatic heterocycles. The number of aliphatic imine (C=N–C) groups is 1. The topological polar surface area (TPSA) is 75.3 Å². The van der Waals surface area contributed by atoms with Gasteiger partial charge in [0.15, 0.2) is 0 Å². The highest BCUT2D eigenvalue weighted by Gasteiger charge is 2.30. The summed E-state index contributed by atoms with van der Waals surface area (Å²) in [5.41, 5.74) is 7.28. The summed E-state index contributed by atoms with van der Waals surface area (Å²) in [4.78, 5) is 7.24. The van der Waals surface area contributed by atoms with Gasteiger partial charge < -0.3 is 11.1 Å². The largest absolute Gasteiger partial charge is 0.416 e. The molecule has 0 bridgehead atoms. The number of halogens is 5. The zero-order valence-electron chi connectivity index (χ0n) is 15.9. The average molecular weight is 445 g/mol. The van der Waals surface area contributed by atoms with Gasteiger partial charge in [-0.1, -0.05) is 24.1 Å². The van der Waals surface area contributed by atoms with Gasteiger partial charge in [0, 0.05) is 35.3 Å². The first-order valence-electron chi connectivity index (χ1n) is 8.70. The second-order valence-corrected chi connectivity index (χ2v) is 6.97. The van der Waals surface area contributed by atoms with Crippen molar-refractivity contribution in [2.45, 2.75) is 12.7 Å². The van der Waals surface area contributed by atoms with Crippen LogP contribution in [0.25, 0.3) is 17.0 Å². The Kier molecular flexibility index (Phi) is 8.60. The first-order chi connectivity index (χ1) is 14.2. The Morgan fingerprint density at radius 3 is 2.57 bits per heavy atom. The zero-order valence-corrected chi connectivity index (χ0v) is 16.7. The van der Waals surface area contributed by atoms with Crippen molar-refractivity contribution in [2.75, 3.05) is 24.7 Å². The summed E-state index contributed by atoms with van der Waals surface area (Å²) >= 11 is 1.49.